The quantitative estimate of drug-likeness (QED) is 0.842. The molecule has 1 aromatic rings. The smallest absolute Gasteiger partial charge is 0.481 e. The SMILES string of the molecule is Cc1ccccc1C(CN)(CCOC(F)(F)F)C(=O)O. The molecule has 0 aliphatic rings. The molecule has 1 rings (SSSR count). The number of alkyl halides is 3. The predicted molar refractivity (Wildman–Crippen MR) is 66.2 cm³/mol. The maximum atomic E-state index is 12.0. The highest BCUT2D eigenvalue weighted by Crippen LogP contribution is 2.31. The first-order chi connectivity index (χ1) is 9.23. The number of hydrogen-bond acceptors (Lipinski definition) is 3. The zero-order valence-corrected chi connectivity index (χ0v) is 10.9. The molecule has 112 valence electrons. The zero-order valence-electron chi connectivity index (χ0n) is 10.9. The van der Waals surface area contributed by atoms with Gasteiger partial charge in [0.25, 0.3) is 0 Å². The number of nitrogens with two attached hydrogens (primary N) is 1. The van der Waals surface area contributed by atoms with Crippen LogP contribution in [0.5, 0.6) is 0 Å². The van der Waals surface area contributed by atoms with Gasteiger partial charge in [0, 0.05) is 6.54 Å². The summed E-state index contributed by atoms with van der Waals surface area (Å²) >= 11 is 0. The molecule has 0 saturated heterocycles. The molecule has 4 nitrogen and oxygen atoms in total. The molecule has 3 N–H and O–H groups in total. The Hall–Kier alpha value is -1.60. The lowest BCUT2D eigenvalue weighted by Gasteiger charge is -2.30. The Labute approximate surface area is 114 Å². The largest absolute Gasteiger partial charge is 0.522 e. The average molecular weight is 291 g/mol. The fourth-order valence-electron chi connectivity index (χ4n) is 2.11. The molecule has 0 spiro atoms. The van der Waals surface area contributed by atoms with Crippen LogP contribution < -0.4 is 5.73 Å². The normalized spacial score (nSPS) is 14.8. The lowest BCUT2D eigenvalue weighted by atomic mass is 9.76. The molecule has 1 unspecified atom stereocenters. The van der Waals surface area contributed by atoms with Crippen molar-refractivity contribution in [3.05, 3.63) is 35.4 Å². The van der Waals surface area contributed by atoms with Crippen molar-refractivity contribution < 1.29 is 27.8 Å². The van der Waals surface area contributed by atoms with Gasteiger partial charge in [0.1, 0.15) is 5.41 Å². The Morgan fingerprint density at radius 1 is 1.35 bits per heavy atom. The van der Waals surface area contributed by atoms with Gasteiger partial charge in [-0.15, -0.1) is 13.2 Å². The third-order valence-electron chi connectivity index (χ3n) is 3.21. The van der Waals surface area contributed by atoms with Crippen LogP contribution in [0.15, 0.2) is 24.3 Å². The summed E-state index contributed by atoms with van der Waals surface area (Å²) in [6.07, 6.45) is -5.15. The first-order valence-corrected chi connectivity index (χ1v) is 5.93. The predicted octanol–water partition coefficient (Wildman–Crippen LogP) is 2.20. The van der Waals surface area contributed by atoms with Gasteiger partial charge >= 0.3 is 12.3 Å². The number of ether oxygens (including phenoxy) is 1. The summed E-state index contributed by atoms with van der Waals surface area (Å²) in [7, 11) is 0. The van der Waals surface area contributed by atoms with Crippen molar-refractivity contribution in [2.45, 2.75) is 25.1 Å². The van der Waals surface area contributed by atoms with Gasteiger partial charge in [0.15, 0.2) is 0 Å². The van der Waals surface area contributed by atoms with Gasteiger partial charge in [-0.25, -0.2) is 0 Å². The van der Waals surface area contributed by atoms with E-state index in [4.69, 9.17) is 5.73 Å². The molecule has 0 amide bonds. The van der Waals surface area contributed by atoms with Crippen molar-refractivity contribution in [2.24, 2.45) is 5.73 Å². The monoisotopic (exact) mass is 291 g/mol. The van der Waals surface area contributed by atoms with Crippen LogP contribution in [0.3, 0.4) is 0 Å². The topological polar surface area (TPSA) is 72.5 Å². The number of carbonyl (C=O) groups is 1. The second-order valence-corrected chi connectivity index (χ2v) is 4.45. The van der Waals surface area contributed by atoms with Gasteiger partial charge < -0.3 is 10.8 Å². The minimum Gasteiger partial charge on any atom is -0.481 e. The average Bonchev–Trinajstić information content (AvgIpc) is 2.34. The van der Waals surface area contributed by atoms with Gasteiger partial charge in [-0.2, -0.15) is 0 Å². The van der Waals surface area contributed by atoms with E-state index < -0.39 is 24.4 Å². The van der Waals surface area contributed by atoms with Gasteiger partial charge in [0.2, 0.25) is 0 Å². The van der Waals surface area contributed by atoms with E-state index in [0.29, 0.717) is 11.1 Å². The number of halogens is 3. The molecule has 1 aromatic carbocycles. The molecule has 0 heterocycles. The number of hydrogen-bond donors (Lipinski definition) is 2. The lowest BCUT2D eigenvalue weighted by molar-refractivity contribution is -0.325. The molecular formula is C13H16F3NO3. The van der Waals surface area contributed by atoms with E-state index in [1.165, 1.54) is 0 Å². The highest BCUT2D eigenvalue weighted by Gasteiger charge is 2.41. The van der Waals surface area contributed by atoms with Gasteiger partial charge in [-0.1, -0.05) is 24.3 Å². The van der Waals surface area contributed by atoms with Crippen LogP contribution in [0, 0.1) is 6.92 Å². The van der Waals surface area contributed by atoms with Gasteiger partial charge in [0.05, 0.1) is 6.61 Å². The molecule has 0 aliphatic carbocycles. The highest BCUT2D eigenvalue weighted by molar-refractivity contribution is 5.82. The summed E-state index contributed by atoms with van der Waals surface area (Å²) < 4.78 is 39.7. The number of carboxylic acids is 1. The number of aliphatic carboxylic acids is 1. The molecular weight excluding hydrogens is 275 g/mol. The van der Waals surface area contributed by atoms with Gasteiger partial charge in [-0.05, 0) is 24.5 Å². The van der Waals surface area contributed by atoms with E-state index in [2.05, 4.69) is 4.74 Å². The lowest BCUT2D eigenvalue weighted by Crippen LogP contribution is -2.44. The van der Waals surface area contributed by atoms with Crippen molar-refractivity contribution in [1.82, 2.24) is 0 Å². The maximum Gasteiger partial charge on any atom is 0.522 e. The molecule has 0 aromatic heterocycles. The summed E-state index contributed by atoms with van der Waals surface area (Å²) in [6, 6.07) is 6.59. The van der Waals surface area contributed by atoms with Gasteiger partial charge in [-0.3, -0.25) is 9.53 Å². The van der Waals surface area contributed by atoms with E-state index in [9.17, 15) is 23.1 Å². The molecule has 0 radical (unpaired) electrons. The molecule has 0 saturated carbocycles. The fraction of sp³-hybridized carbons (Fsp3) is 0.462. The van der Waals surface area contributed by atoms with Crippen molar-refractivity contribution in [1.29, 1.82) is 0 Å². The molecule has 0 bridgehead atoms. The van der Waals surface area contributed by atoms with E-state index in [1.54, 1.807) is 31.2 Å². The molecule has 0 aliphatic heterocycles. The van der Waals surface area contributed by atoms with Crippen molar-refractivity contribution in [3.63, 3.8) is 0 Å². The zero-order chi connectivity index (χ0) is 15.4. The Morgan fingerprint density at radius 2 is 1.95 bits per heavy atom. The summed E-state index contributed by atoms with van der Waals surface area (Å²) in [4.78, 5) is 11.5. The summed E-state index contributed by atoms with van der Waals surface area (Å²) in [5.41, 5.74) is 5.02. The second kappa shape index (κ2) is 6.23. The van der Waals surface area contributed by atoms with Crippen molar-refractivity contribution >= 4 is 5.97 Å². The van der Waals surface area contributed by atoms with E-state index in [1.807, 2.05) is 0 Å². The number of rotatable bonds is 6. The number of aryl methyl sites for hydroxylation is 1. The standard InChI is InChI=1S/C13H16F3NO3/c1-9-4-2-3-5-10(9)12(8-17,11(18)19)6-7-20-13(14,15)16/h2-5H,6-8,17H2,1H3,(H,18,19). The molecule has 1 atom stereocenters. The minimum absolute atomic E-state index is 0.311. The van der Waals surface area contributed by atoms with E-state index >= 15 is 0 Å². The van der Waals surface area contributed by atoms with Crippen LogP contribution >= 0.6 is 0 Å². The molecule has 7 heteroatoms. The van der Waals surface area contributed by atoms with Crippen LogP contribution in [0.1, 0.15) is 17.5 Å². The van der Waals surface area contributed by atoms with E-state index in [-0.39, 0.29) is 13.0 Å². The number of benzene rings is 1. The van der Waals surface area contributed by atoms with Crippen LogP contribution in [-0.2, 0) is 14.9 Å². The van der Waals surface area contributed by atoms with Crippen molar-refractivity contribution in [2.75, 3.05) is 13.2 Å². The Morgan fingerprint density at radius 3 is 2.40 bits per heavy atom. The Kier molecular flexibility index (Phi) is 5.13. The molecule has 20 heavy (non-hydrogen) atoms. The van der Waals surface area contributed by atoms with Crippen LogP contribution in [0.25, 0.3) is 0 Å². The summed E-state index contributed by atoms with van der Waals surface area (Å²) in [6.45, 7) is 0.614. The van der Waals surface area contributed by atoms with Crippen LogP contribution in [0.4, 0.5) is 13.2 Å². The van der Waals surface area contributed by atoms with Crippen molar-refractivity contribution in [3.8, 4) is 0 Å². The maximum absolute atomic E-state index is 12.0. The highest BCUT2D eigenvalue weighted by atomic mass is 19.4. The minimum atomic E-state index is -4.79. The first-order valence-electron chi connectivity index (χ1n) is 5.93. The summed E-state index contributed by atoms with van der Waals surface area (Å²) in [5.74, 6) is -1.26. The Balaban J connectivity index is 3.05. The Bertz CT molecular complexity index is 476. The summed E-state index contributed by atoms with van der Waals surface area (Å²) in [5, 5.41) is 9.41. The third kappa shape index (κ3) is 3.71. The molecule has 0 fully saturated rings. The second-order valence-electron chi connectivity index (χ2n) is 4.45. The first kappa shape index (κ1) is 16.5. The van der Waals surface area contributed by atoms with Crippen LogP contribution in [0.2, 0.25) is 0 Å². The fourth-order valence-corrected chi connectivity index (χ4v) is 2.11. The number of carboxylic acid groups (broad SMARTS) is 1. The van der Waals surface area contributed by atoms with Crippen LogP contribution in [-0.4, -0.2) is 30.6 Å². The van der Waals surface area contributed by atoms with E-state index in [0.717, 1.165) is 0 Å². The third-order valence-corrected chi connectivity index (χ3v) is 3.21.